The number of nitrogens with zero attached hydrogens (tertiary/aromatic N) is 3. The van der Waals surface area contributed by atoms with Gasteiger partial charge in [0, 0.05) is 32.0 Å². The lowest BCUT2D eigenvalue weighted by molar-refractivity contribution is -0.132. The quantitative estimate of drug-likeness (QED) is 0.429. The summed E-state index contributed by atoms with van der Waals surface area (Å²) in [4.78, 5) is 32.1. The van der Waals surface area contributed by atoms with Crippen LogP contribution < -0.4 is 5.32 Å². The number of para-hydroxylation sites is 2. The van der Waals surface area contributed by atoms with Gasteiger partial charge in [-0.1, -0.05) is 51.7 Å². The summed E-state index contributed by atoms with van der Waals surface area (Å²) in [7, 11) is 0. The largest absolute Gasteiger partial charge is 0.356 e. The molecular formula is C27H42N4O2. The number of unbranched alkanes of at least 4 members (excludes halogenated alkanes) is 2. The lowest BCUT2D eigenvalue weighted by Crippen LogP contribution is -2.35. The van der Waals surface area contributed by atoms with Crippen LogP contribution in [0.15, 0.2) is 24.3 Å². The van der Waals surface area contributed by atoms with Crippen molar-refractivity contribution in [3.63, 3.8) is 0 Å². The molecule has 0 unspecified atom stereocenters. The minimum atomic E-state index is 0.175. The topological polar surface area (TPSA) is 67.2 Å². The van der Waals surface area contributed by atoms with E-state index in [1.807, 2.05) is 23.1 Å². The second-order valence-corrected chi connectivity index (χ2v) is 9.42. The fourth-order valence-electron chi connectivity index (χ4n) is 4.93. The Hall–Kier alpha value is -2.37. The number of carbonyl (C=O) groups is 2. The van der Waals surface area contributed by atoms with Crippen LogP contribution in [0.3, 0.4) is 0 Å². The molecule has 0 radical (unpaired) electrons. The van der Waals surface area contributed by atoms with Gasteiger partial charge in [-0.3, -0.25) is 9.59 Å². The van der Waals surface area contributed by atoms with E-state index in [0.29, 0.717) is 6.54 Å². The Kier molecular flexibility index (Phi) is 10.2. The highest BCUT2D eigenvalue weighted by Crippen LogP contribution is 2.23. The number of hydrogen-bond acceptors (Lipinski definition) is 3. The summed E-state index contributed by atoms with van der Waals surface area (Å²) in [6, 6.07) is 8.10. The third kappa shape index (κ3) is 7.31. The fourth-order valence-corrected chi connectivity index (χ4v) is 4.93. The van der Waals surface area contributed by atoms with Crippen molar-refractivity contribution in [2.24, 2.45) is 5.92 Å². The molecule has 2 amide bonds. The molecule has 0 bridgehead atoms. The average Bonchev–Trinajstić information content (AvgIpc) is 3.18. The monoisotopic (exact) mass is 454 g/mol. The average molecular weight is 455 g/mol. The van der Waals surface area contributed by atoms with Gasteiger partial charge in [0.2, 0.25) is 11.8 Å². The van der Waals surface area contributed by atoms with Crippen LogP contribution in [0.5, 0.6) is 0 Å². The van der Waals surface area contributed by atoms with Crippen LogP contribution in [0.2, 0.25) is 0 Å². The van der Waals surface area contributed by atoms with Gasteiger partial charge in [-0.25, -0.2) is 4.98 Å². The van der Waals surface area contributed by atoms with Crippen LogP contribution >= 0.6 is 0 Å². The maximum Gasteiger partial charge on any atom is 0.242 e. The van der Waals surface area contributed by atoms with Gasteiger partial charge in [0.1, 0.15) is 12.4 Å². The lowest BCUT2D eigenvalue weighted by atomic mass is 9.89. The van der Waals surface area contributed by atoms with Crippen molar-refractivity contribution in [1.82, 2.24) is 19.8 Å². The minimum absolute atomic E-state index is 0.175. The lowest BCUT2D eigenvalue weighted by Gasteiger charge is -2.22. The summed E-state index contributed by atoms with van der Waals surface area (Å²) in [5.41, 5.74) is 1.99. The number of nitrogens with one attached hydrogen (secondary N) is 1. The molecule has 0 aliphatic heterocycles. The molecule has 1 saturated carbocycles. The smallest absolute Gasteiger partial charge is 0.242 e. The van der Waals surface area contributed by atoms with Gasteiger partial charge >= 0.3 is 0 Å². The zero-order chi connectivity index (χ0) is 23.5. The highest BCUT2D eigenvalue weighted by atomic mass is 16.2. The summed E-state index contributed by atoms with van der Waals surface area (Å²) in [6.07, 6.45) is 11.6. The standard InChI is InChI=1S/C27H42N4O2/c1-3-19-30(20-4-2)26(32)21-31-24-16-11-10-15-23(24)29-25(31)17-9-6-12-18-28-27(33)22-13-7-5-8-14-22/h10-11,15-16,22H,3-9,12-14,17-21H2,1-2H3,(H,28,33). The first-order valence-electron chi connectivity index (χ1n) is 13.1. The summed E-state index contributed by atoms with van der Waals surface area (Å²) in [6.45, 7) is 6.96. The Morgan fingerprint density at radius 1 is 1.03 bits per heavy atom. The molecule has 182 valence electrons. The number of benzene rings is 1. The first-order chi connectivity index (χ1) is 16.1. The van der Waals surface area contributed by atoms with E-state index in [1.165, 1.54) is 19.3 Å². The summed E-state index contributed by atoms with van der Waals surface area (Å²) < 4.78 is 2.11. The number of fused-ring (bicyclic) bond motifs is 1. The van der Waals surface area contributed by atoms with Crippen molar-refractivity contribution in [1.29, 1.82) is 0 Å². The molecule has 1 N–H and O–H groups in total. The van der Waals surface area contributed by atoms with Crippen molar-refractivity contribution < 1.29 is 9.59 Å². The van der Waals surface area contributed by atoms with Gasteiger partial charge in [0.25, 0.3) is 0 Å². The van der Waals surface area contributed by atoms with E-state index >= 15 is 0 Å². The number of amides is 2. The van der Waals surface area contributed by atoms with Crippen LogP contribution in [-0.2, 0) is 22.6 Å². The Labute approximate surface area is 199 Å². The molecule has 1 aromatic carbocycles. The first-order valence-corrected chi connectivity index (χ1v) is 13.1. The molecule has 1 fully saturated rings. The number of aryl methyl sites for hydroxylation is 1. The van der Waals surface area contributed by atoms with E-state index in [1.54, 1.807) is 0 Å². The summed E-state index contributed by atoms with van der Waals surface area (Å²) in [5.74, 6) is 1.65. The number of rotatable bonds is 13. The Morgan fingerprint density at radius 2 is 1.76 bits per heavy atom. The van der Waals surface area contributed by atoms with Crippen molar-refractivity contribution in [2.75, 3.05) is 19.6 Å². The predicted octanol–water partition coefficient (Wildman–Crippen LogP) is 5.09. The molecule has 1 aliphatic carbocycles. The van der Waals surface area contributed by atoms with E-state index in [9.17, 15) is 9.59 Å². The van der Waals surface area contributed by atoms with E-state index in [-0.39, 0.29) is 17.7 Å². The molecule has 0 atom stereocenters. The van der Waals surface area contributed by atoms with E-state index in [2.05, 4.69) is 29.8 Å². The van der Waals surface area contributed by atoms with Crippen LogP contribution in [0.1, 0.15) is 83.9 Å². The SMILES string of the molecule is CCCN(CCC)C(=O)Cn1c(CCCCCNC(=O)C2CCCCC2)nc2ccccc21. The molecule has 3 rings (SSSR count). The third-order valence-electron chi connectivity index (χ3n) is 6.72. The van der Waals surface area contributed by atoms with Gasteiger partial charge in [0.05, 0.1) is 11.0 Å². The molecule has 1 aromatic heterocycles. The normalized spacial score (nSPS) is 14.5. The number of aromatic nitrogens is 2. The van der Waals surface area contributed by atoms with Gasteiger partial charge in [0.15, 0.2) is 0 Å². The molecule has 0 spiro atoms. The van der Waals surface area contributed by atoms with Gasteiger partial charge in [-0.2, -0.15) is 0 Å². The number of imidazole rings is 1. The van der Waals surface area contributed by atoms with Crippen molar-refractivity contribution in [3.8, 4) is 0 Å². The molecular weight excluding hydrogens is 412 g/mol. The third-order valence-corrected chi connectivity index (χ3v) is 6.72. The van der Waals surface area contributed by atoms with Gasteiger partial charge in [-0.05, 0) is 50.7 Å². The van der Waals surface area contributed by atoms with Crippen LogP contribution in [0.4, 0.5) is 0 Å². The molecule has 2 aromatic rings. The molecule has 0 saturated heterocycles. The summed E-state index contributed by atoms with van der Waals surface area (Å²) in [5, 5.41) is 3.14. The zero-order valence-corrected chi connectivity index (χ0v) is 20.7. The summed E-state index contributed by atoms with van der Waals surface area (Å²) >= 11 is 0. The van der Waals surface area contributed by atoms with Crippen molar-refractivity contribution >= 4 is 22.8 Å². The fraction of sp³-hybridized carbons (Fsp3) is 0.667. The zero-order valence-electron chi connectivity index (χ0n) is 20.7. The van der Waals surface area contributed by atoms with Crippen LogP contribution in [0.25, 0.3) is 11.0 Å². The van der Waals surface area contributed by atoms with E-state index in [0.717, 1.165) is 87.9 Å². The second-order valence-electron chi connectivity index (χ2n) is 9.42. The maximum atomic E-state index is 13.0. The van der Waals surface area contributed by atoms with Gasteiger partial charge in [-0.15, -0.1) is 0 Å². The van der Waals surface area contributed by atoms with Gasteiger partial charge < -0.3 is 14.8 Å². The Morgan fingerprint density at radius 3 is 2.48 bits per heavy atom. The first kappa shape index (κ1) is 25.3. The molecule has 1 heterocycles. The van der Waals surface area contributed by atoms with Crippen molar-refractivity contribution in [2.45, 2.75) is 91.0 Å². The highest BCUT2D eigenvalue weighted by molar-refractivity contribution is 5.81. The Balaban J connectivity index is 1.52. The highest BCUT2D eigenvalue weighted by Gasteiger charge is 2.20. The molecule has 6 heteroatoms. The van der Waals surface area contributed by atoms with Crippen LogP contribution in [0, 0.1) is 5.92 Å². The van der Waals surface area contributed by atoms with E-state index < -0.39 is 0 Å². The minimum Gasteiger partial charge on any atom is -0.356 e. The molecule has 1 aliphatic rings. The van der Waals surface area contributed by atoms with E-state index in [4.69, 9.17) is 4.98 Å². The maximum absolute atomic E-state index is 13.0. The van der Waals surface area contributed by atoms with Crippen LogP contribution in [-0.4, -0.2) is 45.9 Å². The Bertz CT molecular complexity index is 879. The number of carbonyl (C=O) groups excluding carboxylic acids is 2. The predicted molar refractivity (Wildman–Crippen MR) is 134 cm³/mol. The molecule has 33 heavy (non-hydrogen) atoms. The second kappa shape index (κ2) is 13.4. The number of hydrogen-bond donors (Lipinski definition) is 1. The van der Waals surface area contributed by atoms with Crippen molar-refractivity contribution in [3.05, 3.63) is 30.1 Å². The molecule has 6 nitrogen and oxygen atoms in total.